The van der Waals surface area contributed by atoms with Gasteiger partial charge >= 0.3 is 0 Å². The normalized spacial score (nSPS) is 11.5. The van der Waals surface area contributed by atoms with Crippen LogP contribution in [0.4, 0.5) is 5.69 Å². The Kier molecular flexibility index (Phi) is 5.52. The average Bonchev–Trinajstić information content (AvgIpc) is 3.32. The molecule has 0 saturated heterocycles. The Bertz CT molecular complexity index is 1580. The van der Waals surface area contributed by atoms with Crippen LogP contribution in [0.3, 0.4) is 0 Å². The van der Waals surface area contributed by atoms with Gasteiger partial charge in [-0.05, 0) is 52.2 Å². The van der Waals surface area contributed by atoms with E-state index < -0.39 is 0 Å². The maximum Gasteiger partial charge on any atom is 0.0998 e. The Labute approximate surface area is 198 Å². The average molecular weight is 440 g/mol. The van der Waals surface area contributed by atoms with Crippen LogP contribution in [-0.4, -0.2) is 9.55 Å². The molecule has 0 aliphatic carbocycles. The van der Waals surface area contributed by atoms with Crippen LogP contribution in [0.25, 0.3) is 21.9 Å². The van der Waals surface area contributed by atoms with Gasteiger partial charge in [0.15, 0.2) is 0 Å². The van der Waals surface area contributed by atoms with E-state index in [-0.39, 0.29) is 6.04 Å². The molecular formula is C29H21N5. The summed E-state index contributed by atoms with van der Waals surface area (Å²) in [5.41, 5.74) is 5.91. The summed E-state index contributed by atoms with van der Waals surface area (Å²) >= 11 is 0. The molecule has 0 fully saturated rings. The third-order valence-electron chi connectivity index (χ3n) is 6.03. The van der Waals surface area contributed by atoms with Gasteiger partial charge in [-0.3, -0.25) is 0 Å². The molecule has 0 amide bonds. The fourth-order valence-corrected chi connectivity index (χ4v) is 4.34. The zero-order valence-electron chi connectivity index (χ0n) is 18.6. The van der Waals surface area contributed by atoms with Crippen LogP contribution in [0.5, 0.6) is 0 Å². The molecule has 0 aliphatic heterocycles. The lowest BCUT2D eigenvalue weighted by Gasteiger charge is -2.22. The molecule has 5 aromatic rings. The van der Waals surface area contributed by atoms with Gasteiger partial charge in [-0.1, -0.05) is 54.6 Å². The third kappa shape index (κ3) is 3.88. The molecule has 0 radical (unpaired) electrons. The van der Waals surface area contributed by atoms with E-state index in [1.54, 1.807) is 12.4 Å². The molecule has 0 bridgehead atoms. The van der Waals surface area contributed by atoms with E-state index in [2.05, 4.69) is 52.8 Å². The fourth-order valence-electron chi connectivity index (χ4n) is 4.34. The molecule has 1 heterocycles. The van der Waals surface area contributed by atoms with Crippen molar-refractivity contribution in [1.82, 2.24) is 9.55 Å². The first kappa shape index (κ1) is 21.0. The number of hydrogen-bond donors (Lipinski definition) is 1. The molecule has 162 valence electrons. The van der Waals surface area contributed by atoms with Gasteiger partial charge in [0.25, 0.3) is 0 Å². The van der Waals surface area contributed by atoms with Gasteiger partial charge < -0.3 is 9.88 Å². The minimum Gasteiger partial charge on any atom is -0.373 e. The quantitative estimate of drug-likeness (QED) is 0.354. The first-order chi connectivity index (χ1) is 16.7. The lowest BCUT2D eigenvalue weighted by Crippen LogP contribution is -2.16. The molecule has 0 spiro atoms. The molecule has 1 N–H and O–H groups in total. The lowest BCUT2D eigenvalue weighted by atomic mass is 9.91. The minimum absolute atomic E-state index is 0.233. The van der Waals surface area contributed by atoms with Crippen molar-refractivity contribution < 1.29 is 0 Å². The molecule has 34 heavy (non-hydrogen) atoms. The Morgan fingerprint density at radius 3 is 2.47 bits per heavy atom. The first-order valence-corrected chi connectivity index (χ1v) is 10.9. The summed E-state index contributed by atoms with van der Waals surface area (Å²) in [5, 5.41) is 25.0. The number of anilines is 1. The minimum atomic E-state index is -0.233. The second kappa shape index (κ2) is 8.94. The van der Waals surface area contributed by atoms with E-state index in [4.69, 9.17) is 0 Å². The Hall–Kier alpha value is -4.87. The molecule has 5 rings (SSSR count). The zero-order chi connectivity index (χ0) is 23.5. The summed E-state index contributed by atoms with van der Waals surface area (Å²) in [4.78, 5) is 4.32. The number of benzene rings is 4. The van der Waals surface area contributed by atoms with Crippen molar-refractivity contribution >= 4 is 16.5 Å². The third-order valence-corrected chi connectivity index (χ3v) is 6.03. The van der Waals surface area contributed by atoms with Crippen LogP contribution in [0, 0.1) is 22.7 Å². The molecule has 1 aromatic heterocycles. The second-order valence-electron chi connectivity index (χ2n) is 8.14. The molecule has 5 heteroatoms. The predicted molar refractivity (Wildman–Crippen MR) is 134 cm³/mol. The number of fused-ring (bicyclic) bond motifs is 1. The van der Waals surface area contributed by atoms with E-state index in [0.29, 0.717) is 11.1 Å². The van der Waals surface area contributed by atoms with Crippen molar-refractivity contribution in [1.29, 1.82) is 10.5 Å². The Morgan fingerprint density at radius 1 is 0.853 bits per heavy atom. The molecule has 5 nitrogen and oxygen atoms in total. The maximum absolute atomic E-state index is 9.89. The van der Waals surface area contributed by atoms with Crippen LogP contribution < -0.4 is 5.32 Å². The van der Waals surface area contributed by atoms with E-state index in [0.717, 1.165) is 38.8 Å². The van der Waals surface area contributed by atoms with E-state index in [9.17, 15) is 10.5 Å². The van der Waals surface area contributed by atoms with Gasteiger partial charge in [0.05, 0.1) is 47.5 Å². The lowest BCUT2D eigenvalue weighted by molar-refractivity contribution is 0.778. The summed E-state index contributed by atoms with van der Waals surface area (Å²) in [6, 6.07) is 32.1. The van der Waals surface area contributed by atoms with Crippen molar-refractivity contribution in [3.63, 3.8) is 0 Å². The van der Waals surface area contributed by atoms with Crippen molar-refractivity contribution in [3.8, 4) is 23.3 Å². The monoisotopic (exact) mass is 439 g/mol. The molecule has 1 unspecified atom stereocenters. The second-order valence-corrected chi connectivity index (χ2v) is 8.14. The molecule has 4 aromatic carbocycles. The number of aromatic nitrogens is 2. The highest BCUT2D eigenvalue weighted by Crippen LogP contribution is 2.35. The standard InChI is InChI=1S/C29H21N5/c1-34-19-32-18-28(34)29(33-24-9-4-6-20(14-24)16-30)22-12-13-23(17-31)27(15-22)26-11-5-8-21-7-2-3-10-25(21)26/h2-15,18-19,29,33H,1H3. The molecule has 0 saturated carbocycles. The van der Waals surface area contributed by atoms with Gasteiger partial charge in [-0.15, -0.1) is 0 Å². The van der Waals surface area contributed by atoms with Crippen LogP contribution >= 0.6 is 0 Å². The topological polar surface area (TPSA) is 77.4 Å². The maximum atomic E-state index is 9.89. The van der Waals surface area contributed by atoms with Gasteiger partial charge in [-0.25, -0.2) is 4.98 Å². The number of nitriles is 2. The van der Waals surface area contributed by atoms with Crippen LogP contribution in [0.15, 0.2) is 97.5 Å². The van der Waals surface area contributed by atoms with Crippen LogP contribution in [0.1, 0.15) is 28.4 Å². The molecule has 1 atom stereocenters. The highest BCUT2D eigenvalue weighted by molar-refractivity contribution is 5.97. The van der Waals surface area contributed by atoms with Gasteiger partial charge in [0.2, 0.25) is 0 Å². The summed E-state index contributed by atoms with van der Waals surface area (Å²) < 4.78 is 1.97. The van der Waals surface area contributed by atoms with E-state index >= 15 is 0 Å². The summed E-state index contributed by atoms with van der Waals surface area (Å²) in [6.07, 6.45) is 3.60. The predicted octanol–water partition coefficient (Wildman–Crippen LogP) is 6.19. The number of nitrogens with one attached hydrogen (secondary N) is 1. The zero-order valence-corrected chi connectivity index (χ0v) is 18.6. The molecule has 0 aliphatic rings. The molecular weight excluding hydrogens is 418 g/mol. The van der Waals surface area contributed by atoms with Crippen LogP contribution in [0.2, 0.25) is 0 Å². The van der Waals surface area contributed by atoms with Crippen molar-refractivity contribution in [2.24, 2.45) is 7.05 Å². The summed E-state index contributed by atoms with van der Waals surface area (Å²) in [7, 11) is 1.96. The number of aryl methyl sites for hydroxylation is 1. The number of imidazole rings is 1. The van der Waals surface area contributed by atoms with Crippen molar-refractivity contribution in [3.05, 3.63) is 120 Å². The Morgan fingerprint density at radius 2 is 1.68 bits per heavy atom. The number of nitrogens with zero attached hydrogens (tertiary/aromatic N) is 4. The SMILES string of the molecule is Cn1cncc1C(Nc1cccc(C#N)c1)c1ccc(C#N)c(-c2cccc3ccccc23)c1. The van der Waals surface area contributed by atoms with Crippen LogP contribution in [-0.2, 0) is 7.05 Å². The highest BCUT2D eigenvalue weighted by atomic mass is 15.1. The van der Waals surface area contributed by atoms with Gasteiger partial charge in [0, 0.05) is 18.3 Å². The van der Waals surface area contributed by atoms with Gasteiger partial charge in [-0.2, -0.15) is 10.5 Å². The van der Waals surface area contributed by atoms with E-state index in [1.807, 2.05) is 66.3 Å². The number of hydrogen-bond acceptors (Lipinski definition) is 4. The highest BCUT2D eigenvalue weighted by Gasteiger charge is 2.20. The number of rotatable bonds is 5. The smallest absolute Gasteiger partial charge is 0.0998 e. The van der Waals surface area contributed by atoms with Crippen molar-refractivity contribution in [2.45, 2.75) is 6.04 Å². The largest absolute Gasteiger partial charge is 0.373 e. The van der Waals surface area contributed by atoms with E-state index in [1.165, 1.54) is 0 Å². The Balaban J connectivity index is 1.67. The summed E-state index contributed by atoms with van der Waals surface area (Å²) in [6.45, 7) is 0. The first-order valence-electron chi connectivity index (χ1n) is 10.9. The fraction of sp³-hybridized carbons (Fsp3) is 0.0690. The summed E-state index contributed by atoms with van der Waals surface area (Å²) in [5.74, 6) is 0. The van der Waals surface area contributed by atoms with Gasteiger partial charge in [0.1, 0.15) is 0 Å². The van der Waals surface area contributed by atoms with Crippen molar-refractivity contribution in [2.75, 3.05) is 5.32 Å².